The average molecular weight is 527 g/mol. The lowest BCUT2D eigenvalue weighted by molar-refractivity contribution is -0.121. The van der Waals surface area contributed by atoms with Crippen LogP contribution in [-0.2, 0) is 17.8 Å². The van der Waals surface area contributed by atoms with Crippen LogP contribution in [0.3, 0.4) is 0 Å². The van der Waals surface area contributed by atoms with Crippen LogP contribution in [0.2, 0.25) is 0 Å². The van der Waals surface area contributed by atoms with Crippen molar-refractivity contribution in [3.05, 3.63) is 47.9 Å². The van der Waals surface area contributed by atoms with Crippen molar-refractivity contribution in [1.82, 2.24) is 10.6 Å². The SMILES string of the molecule is CCCCCCCCCCCCCCCC(=O)NC(CNCc1ccco1)Cc1ccc2c(c1)OCCO2. The molecule has 0 aliphatic carbocycles. The van der Waals surface area contributed by atoms with E-state index in [-0.39, 0.29) is 11.9 Å². The van der Waals surface area contributed by atoms with Crippen LogP contribution in [0.15, 0.2) is 41.0 Å². The normalized spacial score (nSPS) is 13.4. The Balaban J connectivity index is 1.31. The summed E-state index contributed by atoms with van der Waals surface area (Å²) in [7, 11) is 0. The summed E-state index contributed by atoms with van der Waals surface area (Å²) in [5.41, 5.74) is 1.13. The van der Waals surface area contributed by atoms with Crippen molar-refractivity contribution in [3.63, 3.8) is 0 Å². The van der Waals surface area contributed by atoms with Crippen molar-refractivity contribution in [3.8, 4) is 11.5 Å². The Hall–Kier alpha value is -2.47. The van der Waals surface area contributed by atoms with Crippen LogP contribution in [0.1, 0.15) is 108 Å². The van der Waals surface area contributed by atoms with Crippen molar-refractivity contribution in [2.75, 3.05) is 19.8 Å². The second-order valence-electron chi connectivity index (χ2n) is 10.6. The lowest BCUT2D eigenvalue weighted by atomic mass is 10.0. The topological polar surface area (TPSA) is 72.7 Å². The van der Waals surface area contributed by atoms with Gasteiger partial charge in [0.25, 0.3) is 0 Å². The van der Waals surface area contributed by atoms with Crippen molar-refractivity contribution in [1.29, 1.82) is 0 Å². The highest BCUT2D eigenvalue weighted by Crippen LogP contribution is 2.31. The Morgan fingerprint density at radius 2 is 1.50 bits per heavy atom. The first-order chi connectivity index (χ1) is 18.7. The fourth-order valence-electron chi connectivity index (χ4n) is 5.06. The van der Waals surface area contributed by atoms with Gasteiger partial charge in [-0.2, -0.15) is 0 Å². The molecule has 0 fully saturated rings. The summed E-state index contributed by atoms with van der Waals surface area (Å²) in [5, 5.41) is 6.69. The zero-order valence-corrected chi connectivity index (χ0v) is 23.6. The van der Waals surface area contributed by atoms with Gasteiger partial charge in [0.05, 0.1) is 12.8 Å². The van der Waals surface area contributed by atoms with Gasteiger partial charge in [-0.25, -0.2) is 0 Å². The van der Waals surface area contributed by atoms with E-state index in [0.29, 0.717) is 32.7 Å². The average Bonchev–Trinajstić information content (AvgIpc) is 3.45. The zero-order chi connectivity index (χ0) is 26.7. The van der Waals surface area contributed by atoms with E-state index in [1.54, 1.807) is 6.26 Å². The molecule has 0 bridgehead atoms. The van der Waals surface area contributed by atoms with Crippen molar-refractivity contribution in [2.45, 2.75) is 116 Å². The number of carbonyl (C=O) groups excluding carboxylic acids is 1. The van der Waals surface area contributed by atoms with E-state index < -0.39 is 0 Å². The van der Waals surface area contributed by atoms with Gasteiger partial charge in [-0.1, -0.05) is 90.0 Å². The fraction of sp³-hybridized carbons (Fsp3) is 0.656. The number of fused-ring (bicyclic) bond motifs is 1. The number of unbranched alkanes of at least 4 members (excludes halogenated alkanes) is 12. The Morgan fingerprint density at radius 1 is 0.842 bits per heavy atom. The molecule has 0 spiro atoms. The fourth-order valence-corrected chi connectivity index (χ4v) is 5.06. The Kier molecular flexibility index (Phi) is 14.8. The molecule has 1 aliphatic heterocycles. The van der Waals surface area contributed by atoms with Gasteiger partial charge in [-0.05, 0) is 42.7 Å². The number of hydrogen-bond acceptors (Lipinski definition) is 5. The predicted octanol–water partition coefficient (Wildman–Crippen LogP) is 7.35. The molecular formula is C32H50N2O4. The minimum absolute atomic E-state index is 0.0120. The first kappa shape index (κ1) is 30.1. The maximum Gasteiger partial charge on any atom is 0.220 e. The lowest BCUT2D eigenvalue weighted by Crippen LogP contribution is -2.43. The van der Waals surface area contributed by atoms with E-state index in [1.807, 2.05) is 24.3 Å². The summed E-state index contributed by atoms with van der Waals surface area (Å²) < 4.78 is 16.8. The molecule has 3 rings (SSSR count). The van der Waals surface area contributed by atoms with Crippen LogP contribution in [-0.4, -0.2) is 31.7 Å². The third-order valence-electron chi connectivity index (χ3n) is 7.23. The summed E-state index contributed by atoms with van der Waals surface area (Å²) in [4.78, 5) is 12.8. The smallest absolute Gasteiger partial charge is 0.220 e. The summed E-state index contributed by atoms with van der Waals surface area (Å²) in [6.07, 6.45) is 20.0. The van der Waals surface area contributed by atoms with Crippen molar-refractivity contribution < 1.29 is 18.7 Å². The summed E-state index contributed by atoms with van der Waals surface area (Å²) >= 11 is 0. The van der Waals surface area contributed by atoms with Gasteiger partial charge >= 0.3 is 0 Å². The van der Waals surface area contributed by atoms with Gasteiger partial charge in [-0.15, -0.1) is 0 Å². The van der Waals surface area contributed by atoms with Gasteiger partial charge in [0.15, 0.2) is 11.5 Å². The molecule has 1 amide bonds. The molecule has 1 atom stereocenters. The van der Waals surface area contributed by atoms with E-state index in [9.17, 15) is 4.79 Å². The number of furan rings is 1. The van der Waals surface area contributed by atoms with E-state index in [1.165, 1.54) is 70.6 Å². The molecule has 38 heavy (non-hydrogen) atoms. The molecule has 1 aromatic heterocycles. The molecule has 212 valence electrons. The van der Waals surface area contributed by atoms with Crippen LogP contribution >= 0.6 is 0 Å². The molecule has 6 heteroatoms. The molecular weight excluding hydrogens is 476 g/mol. The Morgan fingerprint density at radius 3 is 2.16 bits per heavy atom. The van der Waals surface area contributed by atoms with Gasteiger partial charge in [0.1, 0.15) is 19.0 Å². The highest BCUT2D eigenvalue weighted by molar-refractivity contribution is 5.76. The maximum absolute atomic E-state index is 12.8. The molecule has 6 nitrogen and oxygen atoms in total. The van der Waals surface area contributed by atoms with E-state index in [0.717, 1.165) is 42.1 Å². The highest BCUT2D eigenvalue weighted by atomic mass is 16.6. The van der Waals surface area contributed by atoms with Crippen LogP contribution in [0, 0.1) is 0 Å². The number of ether oxygens (including phenoxy) is 2. The van der Waals surface area contributed by atoms with Gasteiger partial charge in [0, 0.05) is 19.0 Å². The molecule has 0 radical (unpaired) electrons. The largest absolute Gasteiger partial charge is 0.486 e. The molecule has 2 N–H and O–H groups in total. The second-order valence-corrected chi connectivity index (χ2v) is 10.6. The molecule has 0 saturated heterocycles. The predicted molar refractivity (Wildman–Crippen MR) is 154 cm³/mol. The first-order valence-corrected chi connectivity index (χ1v) is 15.2. The van der Waals surface area contributed by atoms with Gasteiger partial charge in [-0.3, -0.25) is 4.79 Å². The van der Waals surface area contributed by atoms with Crippen LogP contribution in [0.5, 0.6) is 11.5 Å². The minimum atomic E-state index is -0.0120. The summed E-state index contributed by atoms with van der Waals surface area (Å²) in [5.74, 6) is 2.60. The molecule has 1 unspecified atom stereocenters. The van der Waals surface area contributed by atoms with Gasteiger partial charge < -0.3 is 24.5 Å². The summed E-state index contributed by atoms with van der Waals surface area (Å²) in [6, 6.07) is 9.89. The number of amides is 1. The highest BCUT2D eigenvalue weighted by Gasteiger charge is 2.17. The van der Waals surface area contributed by atoms with E-state index in [2.05, 4.69) is 23.6 Å². The molecule has 1 aromatic carbocycles. The van der Waals surface area contributed by atoms with Crippen LogP contribution in [0.4, 0.5) is 0 Å². The summed E-state index contributed by atoms with van der Waals surface area (Å²) in [6.45, 7) is 4.73. The maximum atomic E-state index is 12.8. The standard InChI is InChI=1S/C32H50N2O4/c1-2-3-4-5-6-7-8-9-10-11-12-13-14-17-32(35)34-28(25-33-26-29-16-15-20-36-29)23-27-18-19-30-31(24-27)38-22-21-37-30/h15-16,18-20,24,28,33H,2-14,17,21-23,25-26H2,1H3,(H,34,35). The lowest BCUT2D eigenvalue weighted by Gasteiger charge is -2.22. The zero-order valence-electron chi connectivity index (χ0n) is 23.6. The number of hydrogen-bond donors (Lipinski definition) is 2. The monoisotopic (exact) mass is 526 g/mol. The molecule has 0 saturated carbocycles. The van der Waals surface area contributed by atoms with Gasteiger partial charge in [0.2, 0.25) is 5.91 Å². The minimum Gasteiger partial charge on any atom is -0.486 e. The Bertz CT molecular complexity index is 884. The van der Waals surface area contributed by atoms with E-state index >= 15 is 0 Å². The molecule has 1 aliphatic rings. The first-order valence-electron chi connectivity index (χ1n) is 15.2. The van der Waals surface area contributed by atoms with Crippen LogP contribution in [0.25, 0.3) is 0 Å². The number of rotatable bonds is 21. The van der Waals surface area contributed by atoms with Crippen molar-refractivity contribution >= 4 is 5.91 Å². The van der Waals surface area contributed by atoms with Crippen LogP contribution < -0.4 is 20.1 Å². The molecule has 2 heterocycles. The number of benzene rings is 1. The van der Waals surface area contributed by atoms with E-state index in [4.69, 9.17) is 13.9 Å². The second kappa shape index (κ2) is 18.7. The molecule has 2 aromatic rings. The number of carbonyl (C=O) groups is 1. The Labute approximate surface area is 230 Å². The number of nitrogens with one attached hydrogen (secondary N) is 2. The quantitative estimate of drug-likeness (QED) is 0.166. The third kappa shape index (κ3) is 12.4. The van der Waals surface area contributed by atoms with Crippen molar-refractivity contribution in [2.24, 2.45) is 0 Å². The third-order valence-corrected chi connectivity index (χ3v) is 7.23.